The van der Waals surface area contributed by atoms with Gasteiger partial charge in [0.05, 0.1) is 12.6 Å². The number of ether oxygens (including phenoxy) is 2. The molecule has 0 spiro atoms. The number of benzene rings is 2. The highest BCUT2D eigenvalue weighted by Crippen LogP contribution is 2.37. The predicted octanol–water partition coefficient (Wildman–Crippen LogP) is 4.26. The van der Waals surface area contributed by atoms with E-state index in [4.69, 9.17) is 9.47 Å². The van der Waals surface area contributed by atoms with Gasteiger partial charge in [0.2, 0.25) is 0 Å². The predicted molar refractivity (Wildman–Crippen MR) is 102 cm³/mol. The Morgan fingerprint density at radius 2 is 1.72 bits per heavy atom. The van der Waals surface area contributed by atoms with Crippen LogP contribution in [0.1, 0.15) is 36.6 Å². The first kappa shape index (κ1) is 18.0. The Labute approximate surface area is 151 Å². The molecule has 0 radical (unpaired) electrons. The van der Waals surface area contributed by atoms with Crippen LogP contribution in [0, 0.1) is 0 Å². The zero-order chi connectivity index (χ0) is 17.6. The third kappa shape index (κ3) is 4.05. The average Bonchev–Trinajstić information content (AvgIpc) is 3.01. The van der Waals surface area contributed by atoms with E-state index in [9.17, 15) is 0 Å². The van der Waals surface area contributed by atoms with Crippen molar-refractivity contribution in [2.75, 3.05) is 26.8 Å². The van der Waals surface area contributed by atoms with Crippen molar-refractivity contribution >= 4 is 0 Å². The molecule has 2 aromatic carbocycles. The molecule has 0 saturated heterocycles. The van der Waals surface area contributed by atoms with Gasteiger partial charge in [0.25, 0.3) is 0 Å². The van der Waals surface area contributed by atoms with Gasteiger partial charge in [0.15, 0.2) is 0 Å². The summed E-state index contributed by atoms with van der Waals surface area (Å²) in [7, 11) is 1.74. The van der Waals surface area contributed by atoms with Crippen LogP contribution in [-0.4, -0.2) is 37.7 Å². The number of hydrogen-bond donors (Lipinski definition) is 0. The maximum absolute atomic E-state index is 6.49. The van der Waals surface area contributed by atoms with Gasteiger partial charge in [0.1, 0.15) is 11.9 Å². The Kier molecular flexibility index (Phi) is 6.11. The van der Waals surface area contributed by atoms with Crippen LogP contribution in [-0.2, 0) is 17.6 Å². The van der Waals surface area contributed by atoms with Crippen molar-refractivity contribution in [2.24, 2.45) is 0 Å². The molecule has 3 rings (SSSR count). The molecule has 0 aromatic heterocycles. The normalized spacial score (nSPS) is 19.2. The molecule has 0 fully saturated rings. The first-order valence-corrected chi connectivity index (χ1v) is 9.33. The van der Waals surface area contributed by atoms with Crippen LogP contribution >= 0.6 is 0 Å². The van der Waals surface area contributed by atoms with E-state index >= 15 is 0 Å². The van der Waals surface area contributed by atoms with Gasteiger partial charge in [-0.05, 0) is 54.8 Å². The van der Waals surface area contributed by atoms with E-state index in [0.717, 1.165) is 38.3 Å². The van der Waals surface area contributed by atoms with Crippen molar-refractivity contribution in [3.63, 3.8) is 0 Å². The highest BCUT2D eigenvalue weighted by atomic mass is 16.5. The third-order valence-corrected chi connectivity index (χ3v) is 5.20. The lowest BCUT2D eigenvalue weighted by atomic mass is 10.1. The molecule has 1 aliphatic rings. The first-order valence-electron chi connectivity index (χ1n) is 9.33. The summed E-state index contributed by atoms with van der Waals surface area (Å²) >= 11 is 0. The van der Waals surface area contributed by atoms with Crippen LogP contribution in [0.15, 0.2) is 48.5 Å². The molecule has 0 unspecified atom stereocenters. The number of hydrogen-bond acceptors (Lipinski definition) is 3. The molecule has 134 valence electrons. The smallest absolute Gasteiger partial charge is 0.140 e. The van der Waals surface area contributed by atoms with Gasteiger partial charge in [-0.25, -0.2) is 0 Å². The van der Waals surface area contributed by atoms with E-state index in [-0.39, 0.29) is 6.10 Å². The molecule has 2 aromatic rings. The zero-order valence-corrected chi connectivity index (χ0v) is 15.6. The first-order chi connectivity index (χ1) is 12.3. The van der Waals surface area contributed by atoms with Crippen molar-refractivity contribution in [3.05, 3.63) is 65.2 Å². The summed E-state index contributed by atoms with van der Waals surface area (Å²) in [5.74, 6) is 0.944. The fourth-order valence-corrected chi connectivity index (χ4v) is 3.79. The van der Waals surface area contributed by atoms with Gasteiger partial charge in [-0.3, -0.25) is 4.90 Å². The number of methoxy groups -OCH3 is 1. The van der Waals surface area contributed by atoms with E-state index < -0.39 is 0 Å². The monoisotopic (exact) mass is 339 g/mol. The number of likely N-dealkylation sites (N-methyl/N-ethyl adjacent to an activating group) is 1. The molecule has 2 atom stereocenters. The summed E-state index contributed by atoms with van der Waals surface area (Å²) in [5.41, 5.74) is 4.03. The third-order valence-electron chi connectivity index (χ3n) is 5.20. The lowest BCUT2D eigenvalue weighted by Crippen LogP contribution is -2.39. The molecular formula is C22H29NO2. The standard InChI is InChI=1S/C22H29NO2/c1-4-23(5-2)21-16-18-8-6-7-9-20(18)22(21)25-19-12-10-17(11-13-19)14-15-24-3/h6-13,21-22H,4-5,14-16H2,1-3H3/t21-,22-/m1/s1. The minimum atomic E-state index is 0.0981. The molecule has 3 nitrogen and oxygen atoms in total. The Balaban J connectivity index is 1.79. The number of nitrogens with zero attached hydrogens (tertiary/aromatic N) is 1. The summed E-state index contributed by atoms with van der Waals surface area (Å²) in [5, 5.41) is 0. The lowest BCUT2D eigenvalue weighted by molar-refractivity contribution is 0.0849. The molecule has 25 heavy (non-hydrogen) atoms. The summed E-state index contributed by atoms with van der Waals surface area (Å²) < 4.78 is 11.6. The Morgan fingerprint density at radius 1 is 1.00 bits per heavy atom. The minimum Gasteiger partial charge on any atom is -0.484 e. The minimum absolute atomic E-state index is 0.0981. The van der Waals surface area contributed by atoms with Crippen LogP contribution in [0.4, 0.5) is 0 Å². The van der Waals surface area contributed by atoms with E-state index in [1.165, 1.54) is 16.7 Å². The molecule has 3 heteroatoms. The van der Waals surface area contributed by atoms with Crippen LogP contribution in [0.5, 0.6) is 5.75 Å². The van der Waals surface area contributed by atoms with E-state index in [0.29, 0.717) is 6.04 Å². The zero-order valence-electron chi connectivity index (χ0n) is 15.6. The largest absolute Gasteiger partial charge is 0.484 e. The summed E-state index contributed by atoms with van der Waals surface area (Å²) in [6.45, 7) is 7.30. The molecular weight excluding hydrogens is 310 g/mol. The average molecular weight is 339 g/mol. The van der Waals surface area contributed by atoms with E-state index in [1.807, 2.05) is 0 Å². The van der Waals surface area contributed by atoms with Gasteiger partial charge >= 0.3 is 0 Å². The maximum atomic E-state index is 6.49. The van der Waals surface area contributed by atoms with Gasteiger partial charge in [-0.1, -0.05) is 50.2 Å². The Bertz CT molecular complexity index is 664. The number of fused-ring (bicyclic) bond motifs is 1. The summed E-state index contributed by atoms with van der Waals surface area (Å²) in [6.07, 6.45) is 2.10. The summed E-state index contributed by atoms with van der Waals surface area (Å²) in [4.78, 5) is 2.51. The fourth-order valence-electron chi connectivity index (χ4n) is 3.79. The van der Waals surface area contributed by atoms with Crippen molar-refractivity contribution in [1.29, 1.82) is 0 Å². The maximum Gasteiger partial charge on any atom is 0.140 e. The van der Waals surface area contributed by atoms with Crippen molar-refractivity contribution in [2.45, 2.75) is 38.8 Å². The topological polar surface area (TPSA) is 21.7 Å². The molecule has 0 N–H and O–H groups in total. The summed E-state index contributed by atoms with van der Waals surface area (Å²) in [6, 6.07) is 17.6. The number of rotatable bonds is 8. The van der Waals surface area contributed by atoms with Crippen LogP contribution in [0.25, 0.3) is 0 Å². The molecule has 1 aliphatic carbocycles. The van der Waals surface area contributed by atoms with Crippen molar-refractivity contribution in [1.82, 2.24) is 4.90 Å². The van der Waals surface area contributed by atoms with Gasteiger partial charge in [-0.2, -0.15) is 0 Å². The lowest BCUT2D eigenvalue weighted by Gasteiger charge is -2.31. The van der Waals surface area contributed by atoms with Gasteiger partial charge in [0, 0.05) is 7.11 Å². The second-order valence-corrected chi connectivity index (χ2v) is 6.62. The highest BCUT2D eigenvalue weighted by molar-refractivity contribution is 5.38. The molecule has 0 saturated carbocycles. The second-order valence-electron chi connectivity index (χ2n) is 6.62. The highest BCUT2D eigenvalue weighted by Gasteiger charge is 2.36. The van der Waals surface area contributed by atoms with E-state index in [2.05, 4.69) is 67.3 Å². The van der Waals surface area contributed by atoms with Crippen molar-refractivity contribution < 1.29 is 9.47 Å². The van der Waals surface area contributed by atoms with Crippen LogP contribution in [0.2, 0.25) is 0 Å². The Morgan fingerprint density at radius 3 is 2.40 bits per heavy atom. The quantitative estimate of drug-likeness (QED) is 0.717. The van der Waals surface area contributed by atoms with Gasteiger partial charge < -0.3 is 9.47 Å². The van der Waals surface area contributed by atoms with Crippen LogP contribution < -0.4 is 4.74 Å². The fraction of sp³-hybridized carbons (Fsp3) is 0.455. The van der Waals surface area contributed by atoms with E-state index in [1.54, 1.807) is 7.11 Å². The molecule has 0 amide bonds. The van der Waals surface area contributed by atoms with Crippen LogP contribution in [0.3, 0.4) is 0 Å². The molecule has 0 bridgehead atoms. The molecule has 0 aliphatic heterocycles. The SMILES string of the molecule is CCN(CC)[C@@H]1Cc2ccccc2[C@H]1Oc1ccc(CCOC)cc1. The Hall–Kier alpha value is -1.84. The van der Waals surface area contributed by atoms with Gasteiger partial charge in [-0.15, -0.1) is 0 Å². The van der Waals surface area contributed by atoms with Crippen molar-refractivity contribution in [3.8, 4) is 5.75 Å². The second kappa shape index (κ2) is 8.50. The molecule has 0 heterocycles.